The largest absolute Gasteiger partial charge is 0.494 e. The van der Waals surface area contributed by atoms with E-state index in [1.807, 2.05) is 30.3 Å². The second kappa shape index (κ2) is 7.82. The third kappa shape index (κ3) is 5.78. The van der Waals surface area contributed by atoms with Crippen molar-refractivity contribution in [3.63, 3.8) is 0 Å². The Morgan fingerprint density at radius 3 is 2.17 bits per heavy atom. The summed E-state index contributed by atoms with van der Waals surface area (Å²) in [6, 6.07) is 17.2. The Bertz CT molecular complexity index is 610. The Balaban J connectivity index is 1.70. The molecule has 2 aromatic rings. The van der Waals surface area contributed by atoms with Crippen molar-refractivity contribution in [1.29, 1.82) is 0 Å². The SMILES string of the molecule is CC(C)(C)c1ccc(OCCCC(=O)Oc2ccccc2)cc1. The predicted octanol–water partition coefficient (Wildman–Crippen LogP) is 4.75. The molecule has 23 heavy (non-hydrogen) atoms. The third-order valence-electron chi connectivity index (χ3n) is 3.49. The van der Waals surface area contributed by atoms with Crippen molar-refractivity contribution >= 4 is 5.97 Å². The molecule has 0 amide bonds. The van der Waals surface area contributed by atoms with Gasteiger partial charge >= 0.3 is 5.97 Å². The zero-order valence-corrected chi connectivity index (χ0v) is 14.0. The van der Waals surface area contributed by atoms with Gasteiger partial charge in [-0.15, -0.1) is 0 Å². The molecule has 0 radical (unpaired) electrons. The number of benzene rings is 2. The van der Waals surface area contributed by atoms with E-state index in [1.165, 1.54) is 5.56 Å². The summed E-state index contributed by atoms with van der Waals surface area (Å²) in [5.74, 6) is 1.17. The highest BCUT2D eigenvalue weighted by Crippen LogP contribution is 2.24. The number of ether oxygens (including phenoxy) is 2. The quantitative estimate of drug-likeness (QED) is 0.439. The molecule has 0 aromatic heterocycles. The van der Waals surface area contributed by atoms with Crippen molar-refractivity contribution in [3.8, 4) is 11.5 Å². The van der Waals surface area contributed by atoms with Gasteiger partial charge in [-0.1, -0.05) is 51.1 Å². The van der Waals surface area contributed by atoms with Crippen LogP contribution in [-0.2, 0) is 10.2 Å². The van der Waals surface area contributed by atoms with Gasteiger partial charge in [0.2, 0.25) is 0 Å². The summed E-state index contributed by atoms with van der Waals surface area (Å²) >= 11 is 0. The van der Waals surface area contributed by atoms with Gasteiger partial charge in [0.05, 0.1) is 6.61 Å². The van der Waals surface area contributed by atoms with Crippen molar-refractivity contribution in [3.05, 3.63) is 60.2 Å². The molecule has 0 saturated heterocycles. The number of hydrogen-bond acceptors (Lipinski definition) is 3. The normalized spacial score (nSPS) is 11.1. The van der Waals surface area contributed by atoms with Gasteiger partial charge in [-0.05, 0) is 41.7 Å². The van der Waals surface area contributed by atoms with Gasteiger partial charge in [-0.3, -0.25) is 4.79 Å². The molecule has 0 bridgehead atoms. The standard InChI is InChI=1S/C20H24O3/c1-20(2,3)16-11-13-17(14-12-16)22-15-7-10-19(21)23-18-8-5-4-6-9-18/h4-6,8-9,11-14H,7,10,15H2,1-3H3. The first-order valence-electron chi connectivity index (χ1n) is 7.94. The summed E-state index contributed by atoms with van der Waals surface area (Å²) in [5.41, 5.74) is 1.41. The molecule has 0 saturated carbocycles. The Morgan fingerprint density at radius 1 is 0.913 bits per heavy atom. The van der Waals surface area contributed by atoms with Crippen molar-refractivity contribution in [2.75, 3.05) is 6.61 Å². The van der Waals surface area contributed by atoms with Crippen LogP contribution in [0.3, 0.4) is 0 Å². The van der Waals surface area contributed by atoms with Crippen molar-refractivity contribution in [1.82, 2.24) is 0 Å². The van der Waals surface area contributed by atoms with E-state index in [2.05, 4.69) is 32.9 Å². The Morgan fingerprint density at radius 2 is 1.57 bits per heavy atom. The predicted molar refractivity (Wildman–Crippen MR) is 91.9 cm³/mol. The Kier molecular flexibility index (Phi) is 5.80. The van der Waals surface area contributed by atoms with Crippen LogP contribution in [0.15, 0.2) is 54.6 Å². The topological polar surface area (TPSA) is 35.5 Å². The van der Waals surface area contributed by atoms with E-state index in [0.29, 0.717) is 25.2 Å². The van der Waals surface area contributed by atoms with E-state index in [4.69, 9.17) is 9.47 Å². The van der Waals surface area contributed by atoms with Gasteiger partial charge in [0, 0.05) is 6.42 Å². The maximum atomic E-state index is 11.7. The summed E-state index contributed by atoms with van der Waals surface area (Å²) in [4.78, 5) is 11.7. The highest BCUT2D eigenvalue weighted by Gasteiger charge is 2.13. The van der Waals surface area contributed by atoms with E-state index in [1.54, 1.807) is 12.1 Å². The van der Waals surface area contributed by atoms with Crippen LogP contribution >= 0.6 is 0 Å². The molecule has 3 nitrogen and oxygen atoms in total. The first-order valence-corrected chi connectivity index (χ1v) is 7.94. The molecule has 0 heterocycles. The summed E-state index contributed by atoms with van der Waals surface area (Å²) in [5, 5.41) is 0. The molecule has 0 spiro atoms. The van der Waals surface area contributed by atoms with Crippen LogP contribution in [0.2, 0.25) is 0 Å². The lowest BCUT2D eigenvalue weighted by Gasteiger charge is -2.19. The zero-order chi connectivity index (χ0) is 16.7. The Hall–Kier alpha value is -2.29. The van der Waals surface area contributed by atoms with Gasteiger partial charge in [-0.2, -0.15) is 0 Å². The Labute approximate surface area is 138 Å². The van der Waals surface area contributed by atoms with Gasteiger partial charge < -0.3 is 9.47 Å². The maximum absolute atomic E-state index is 11.7. The lowest BCUT2D eigenvalue weighted by atomic mass is 9.87. The number of hydrogen-bond donors (Lipinski definition) is 0. The number of esters is 1. The number of rotatable bonds is 6. The molecular weight excluding hydrogens is 288 g/mol. The first-order chi connectivity index (χ1) is 10.9. The average molecular weight is 312 g/mol. The highest BCUT2D eigenvalue weighted by molar-refractivity contribution is 5.72. The van der Waals surface area contributed by atoms with E-state index in [0.717, 1.165) is 5.75 Å². The van der Waals surface area contributed by atoms with Gasteiger partial charge in [0.25, 0.3) is 0 Å². The number of para-hydroxylation sites is 1. The van der Waals surface area contributed by atoms with Crippen LogP contribution in [0.25, 0.3) is 0 Å². The van der Waals surface area contributed by atoms with Crippen molar-refractivity contribution in [2.45, 2.75) is 39.0 Å². The van der Waals surface area contributed by atoms with Crippen LogP contribution in [0.1, 0.15) is 39.2 Å². The molecule has 0 aliphatic rings. The second-order valence-electron chi connectivity index (χ2n) is 6.51. The van der Waals surface area contributed by atoms with Crippen LogP contribution in [0, 0.1) is 0 Å². The summed E-state index contributed by atoms with van der Waals surface area (Å²) in [6.45, 7) is 7.04. The lowest BCUT2D eigenvalue weighted by molar-refractivity contribution is -0.134. The molecule has 0 unspecified atom stereocenters. The molecule has 2 aromatic carbocycles. The molecule has 0 aliphatic heterocycles. The van der Waals surface area contributed by atoms with Gasteiger partial charge in [0.15, 0.2) is 0 Å². The molecule has 122 valence electrons. The molecule has 0 aliphatic carbocycles. The van der Waals surface area contributed by atoms with E-state index in [-0.39, 0.29) is 11.4 Å². The maximum Gasteiger partial charge on any atom is 0.311 e. The van der Waals surface area contributed by atoms with Crippen LogP contribution < -0.4 is 9.47 Å². The fourth-order valence-corrected chi connectivity index (χ4v) is 2.13. The van der Waals surface area contributed by atoms with Gasteiger partial charge in [-0.25, -0.2) is 0 Å². The first kappa shape index (κ1) is 17.1. The molecule has 0 N–H and O–H groups in total. The monoisotopic (exact) mass is 312 g/mol. The fraction of sp³-hybridized carbons (Fsp3) is 0.350. The van der Waals surface area contributed by atoms with Gasteiger partial charge in [0.1, 0.15) is 11.5 Å². The number of carbonyl (C=O) groups is 1. The van der Waals surface area contributed by atoms with Crippen molar-refractivity contribution in [2.24, 2.45) is 0 Å². The molecule has 3 heteroatoms. The summed E-state index contributed by atoms with van der Waals surface area (Å²) in [6.07, 6.45) is 0.974. The summed E-state index contributed by atoms with van der Waals surface area (Å²) in [7, 11) is 0. The minimum Gasteiger partial charge on any atom is -0.494 e. The molecule has 0 fully saturated rings. The van der Waals surface area contributed by atoms with Crippen LogP contribution in [-0.4, -0.2) is 12.6 Å². The second-order valence-corrected chi connectivity index (χ2v) is 6.51. The summed E-state index contributed by atoms with van der Waals surface area (Å²) < 4.78 is 10.9. The zero-order valence-electron chi connectivity index (χ0n) is 14.0. The highest BCUT2D eigenvalue weighted by atomic mass is 16.5. The smallest absolute Gasteiger partial charge is 0.311 e. The third-order valence-corrected chi connectivity index (χ3v) is 3.49. The average Bonchev–Trinajstić information content (AvgIpc) is 2.52. The van der Waals surface area contributed by atoms with E-state index < -0.39 is 0 Å². The van der Waals surface area contributed by atoms with Crippen molar-refractivity contribution < 1.29 is 14.3 Å². The molecule has 2 rings (SSSR count). The van der Waals surface area contributed by atoms with E-state index in [9.17, 15) is 4.79 Å². The lowest BCUT2D eigenvalue weighted by Crippen LogP contribution is -2.11. The molecule has 0 atom stereocenters. The minimum atomic E-state index is -0.233. The number of carbonyl (C=O) groups excluding carboxylic acids is 1. The van der Waals surface area contributed by atoms with Crippen LogP contribution in [0.5, 0.6) is 11.5 Å². The molecular formula is C20H24O3. The minimum absolute atomic E-state index is 0.139. The van der Waals surface area contributed by atoms with Crippen LogP contribution in [0.4, 0.5) is 0 Å². The fourth-order valence-electron chi connectivity index (χ4n) is 2.13. The van der Waals surface area contributed by atoms with E-state index >= 15 is 0 Å².